The van der Waals surface area contributed by atoms with Crippen LogP contribution < -0.4 is 5.73 Å². The molecule has 12 heavy (non-hydrogen) atoms. The fourth-order valence-electron chi connectivity index (χ4n) is 0.845. The molecule has 72 valence electrons. The molecule has 3 N–H and O–H groups in total. The zero-order chi connectivity index (χ0) is 9.40. The first kappa shape index (κ1) is 11.6. The molecule has 0 radical (unpaired) electrons. The van der Waals surface area contributed by atoms with Crippen LogP contribution in [-0.2, 0) is 4.74 Å². The maximum atomic E-state index is 10.4. The summed E-state index contributed by atoms with van der Waals surface area (Å²) >= 11 is 1.59. The van der Waals surface area contributed by atoms with Gasteiger partial charge in [-0.05, 0) is 19.1 Å². The highest BCUT2D eigenvalue weighted by molar-refractivity contribution is 7.98. The maximum absolute atomic E-state index is 10.4. The molecule has 0 aliphatic carbocycles. The Morgan fingerprint density at radius 1 is 1.75 bits per heavy atom. The summed E-state index contributed by atoms with van der Waals surface area (Å²) in [6.07, 6.45) is 2.33. The predicted octanol–water partition coefficient (Wildman–Crippen LogP) is 0.586. The predicted molar refractivity (Wildman–Crippen MR) is 49.2 cm³/mol. The lowest BCUT2D eigenvalue weighted by molar-refractivity contribution is 0.108. The van der Waals surface area contributed by atoms with Crippen molar-refractivity contribution < 1.29 is 14.6 Å². The Kier molecular flexibility index (Phi) is 6.99. The molecule has 0 rings (SSSR count). The third-order valence-corrected chi connectivity index (χ3v) is 2.02. The van der Waals surface area contributed by atoms with E-state index in [1.54, 1.807) is 11.8 Å². The maximum Gasteiger partial charge on any atom is 0.404 e. The number of hydrogen-bond donors (Lipinski definition) is 2. The minimum atomic E-state index is -0.744. The Morgan fingerprint density at radius 3 is 2.83 bits per heavy atom. The van der Waals surface area contributed by atoms with E-state index in [2.05, 4.69) is 0 Å². The molecule has 0 aromatic rings. The molecule has 0 saturated heterocycles. The normalized spacial score (nSPS) is 12.5. The summed E-state index contributed by atoms with van der Waals surface area (Å²) in [5, 5.41) is 8.54. The SMILES string of the molecule is CSCC(CCCO)OC(N)=O. The lowest BCUT2D eigenvalue weighted by atomic mass is 10.2. The first-order valence-corrected chi connectivity index (χ1v) is 5.16. The van der Waals surface area contributed by atoms with Gasteiger partial charge in [-0.1, -0.05) is 0 Å². The monoisotopic (exact) mass is 193 g/mol. The number of aliphatic hydroxyl groups excluding tert-OH is 1. The van der Waals surface area contributed by atoms with Gasteiger partial charge in [0.05, 0.1) is 0 Å². The van der Waals surface area contributed by atoms with E-state index in [0.717, 1.165) is 5.75 Å². The van der Waals surface area contributed by atoms with E-state index in [4.69, 9.17) is 15.6 Å². The molecule has 0 spiro atoms. The van der Waals surface area contributed by atoms with Gasteiger partial charge in [0, 0.05) is 12.4 Å². The van der Waals surface area contributed by atoms with Gasteiger partial charge in [0.1, 0.15) is 6.10 Å². The molecule has 0 aliphatic heterocycles. The van der Waals surface area contributed by atoms with Crippen molar-refractivity contribution in [3.05, 3.63) is 0 Å². The number of ether oxygens (including phenoxy) is 1. The Labute approximate surface area is 76.5 Å². The average Bonchev–Trinajstić information content (AvgIpc) is 2.00. The topological polar surface area (TPSA) is 72.6 Å². The summed E-state index contributed by atoms with van der Waals surface area (Å²) in [4.78, 5) is 10.4. The molecule has 1 unspecified atom stereocenters. The first-order chi connectivity index (χ1) is 5.70. The largest absolute Gasteiger partial charge is 0.446 e. The highest BCUT2D eigenvalue weighted by Crippen LogP contribution is 2.08. The van der Waals surface area contributed by atoms with Gasteiger partial charge < -0.3 is 15.6 Å². The van der Waals surface area contributed by atoms with Gasteiger partial charge in [-0.25, -0.2) is 4.79 Å². The lowest BCUT2D eigenvalue weighted by Gasteiger charge is -2.14. The van der Waals surface area contributed by atoms with E-state index >= 15 is 0 Å². The highest BCUT2D eigenvalue weighted by Gasteiger charge is 2.10. The molecule has 4 nitrogen and oxygen atoms in total. The van der Waals surface area contributed by atoms with Crippen LogP contribution in [0.2, 0.25) is 0 Å². The second kappa shape index (κ2) is 7.24. The summed E-state index contributed by atoms with van der Waals surface area (Å²) in [5.41, 5.74) is 4.86. The zero-order valence-electron chi connectivity index (χ0n) is 7.16. The molecule has 0 heterocycles. The van der Waals surface area contributed by atoms with E-state index < -0.39 is 6.09 Å². The quantitative estimate of drug-likeness (QED) is 0.647. The molecule has 1 amide bonds. The van der Waals surface area contributed by atoms with E-state index in [9.17, 15) is 4.79 Å². The summed E-state index contributed by atoms with van der Waals surface area (Å²) in [5.74, 6) is 0.725. The van der Waals surface area contributed by atoms with Crippen LogP contribution in [0.25, 0.3) is 0 Å². The van der Waals surface area contributed by atoms with Crippen molar-refractivity contribution in [1.82, 2.24) is 0 Å². The molecule has 0 aromatic carbocycles. The van der Waals surface area contributed by atoms with Gasteiger partial charge in [-0.3, -0.25) is 0 Å². The number of thioether (sulfide) groups is 1. The number of rotatable bonds is 6. The summed E-state index contributed by atoms with van der Waals surface area (Å²) in [6.45, 7) is 0.118. The number of carbonyl (C=O) groups excluding carboxylic acids is 1. The van der Waals surface area contributed by atoms with Gasteiger partial charge in [0.25, 0.3) is 0 Å². The minimum Gasteiger partial charge on any atom is -0.446 e. The smallest absolute Gasteiger partial charge is 0.404 e. The van der Waals surface area contributed by atoms with E-state index in [0.29, 0.717) is 12.8 Å². The van der Waals surface area contributed by atoms with Crippen LogP contribution in [0.1, 0.15) is 12.8 Å². The highest BCUT2D eigenvalue weighted by atomic mass is 32.2. The third kappa shape index (κ3) is 6.30. The van der Waals surface area contributed by atoms with Crippen molar-refractivity contribution in [2.24, 2.45) is 5.73 Å². The zero-order valence-corrected chi connectivity index (χ0v) is 7.97. The fraction of sp³-hybridized carbons (Fsp3) is 0.857. The van der Waals surface area contributed by atoms with Crippen molar-refractivity contribution in [3.8, 4) is 0 Å². The van der Waals surface area contributed by atoms with Crippen LogP contribution in [0.5, 0.6) is 0 Å². The molecule has 5 heteroatoms. The van der Waals surface area contributed by atoms with Gasteiger partial charge in [-0.15, -0.1) is 0 Å². The second-order valence-electron chi connectivity index (χ2n) is 2.38. The van der Waals surface area contributed by atoms with Crippen LogP contribution in [0.4, 0.5) is 4.79 Å². The van der Waals surface area contributed by atoms with Gasteiger partial charge >= 0.3 is 6.09 Å². The molecule has 0 saturated carbocycles. The number of carbonyl (C=O) groups is 1. The minimum absolute atomic E-state index is 0.118. The van der Waals surface area contributed by atoms with Crippen LogP contribution in [0.3, 0.4) is 0 Å². The Balaban J connectivity index is 3.61. The molecule has 1 atom stereocenters. The van der Waals surface area contributed by atoms with Crippen LogP contribution >= 0.6 is 11.8 Å². The summed E-state index contributed by atoms with van der Waals surface area (Å²) in [6, 6.07) is 0. The second-order valence-corrected chi connectivity index (χ2v) is 3.29. The van der Waals surface area contributed by atoms with Crippen molar-refractivity contribution in [1.29, 1.82) is 0 Å². The average molecular weight is 193 g/mol. The molecule has 0 aliphatic rings. The van der Waals surface area contributed by atoms with E-state index in [-0.39, 0.29) is 12.7 Å². The standard InChI is InChI=1S/C7H15NO3S/c1-12-5-6(3-2-4-9)11-7(8)10/h6,9H,2-5H2,1H3,(H2,8,10). The number of nitrogens with two attached hydrogens (primary N) is 1. The van der Waals surface area contributed by atoms with Crippen LogP contribution in [-0.4, -0.2) is 35.9 Å². The van der Waals surface area contributed by atoms with Gasteiger partial charge in [-0.2, -0.15) is 11.8 Å². The lowest BCUT2D eigenvalue weighted by Crippen LogP contribution is -2.24. The summed E-state index contributed by atoms with van der Waals surface area (Å²) in [7, 11) is 0. The van der Waals surface area contributed by atoms with Crippen molar-refractivity contribution in [2.75, 3.05) is 18.6 Å². The van der Waals surface area contributed by atoms with Gasteiger partial charge in [0.2, 0.25) is 0 Å². The van der Waals surface area contributed by atoms with Crippen molar-refractivity contribution in [3.63, 3.8) is 0 Å². The number of amides is 1. The Hall–Kier alpha value is -0.420. The van der Waals surface area contributed by atoms with Crippen molar-refractivity contribution in [2.45, 2.75) is 18.9 Å². The van der Waals surface area contributed by atoms with E-state index in [1.165, 1.54) is 0 Å². The fourth-order valence-corrected chi connectivity index (χ4v) is 1.45. The number of primary amides is 1. The Bertz CT molecular complexity index is 132. The van der Waals surface area contributed by atoms with Crippen LogP contribution in [0, 0.1) is 0 Å². The molecule has 0 aromatic heterocycles. The van der Waals surface area contributed by atoms with Crippen molar-refractivity contribution >= 4 is 17.9 Å². The van der Waals surface area contributed by atoms with Gasteiger partial charge in [0.15, 0.2) is 0 Å². The number of aliphatic hydroxyl groups is 1. The molecule has 0 bridgehead atoms. The van der Waals surface area contributed by atoms with E-state index in [1.807, 2.05) is 6.26 Å². The third-order valence-electron chi connectivity index (χ3n) is 1.32. The molecular formula is C7H15NO3S. The molecular weight excluding hydrogens is 178 g/mol. The summed E-state index contributed by atoms with van der Waals surface area (Å²) < 4.78 is 4.80. The van der Waals surface area contributed by atoms with Crippen LogP contribution in [0.15, 0.2) is 0 Å². The first-order valence-electron chi connectivity index (χ1n) is 3.76. The molecule has 0 fully saturated rings. The number of hydrogen-bond acceptors (Lipinski definition) is 4. The Morgan fingerprint density at radius 2 is 2.42 bits per heavy atom.